The number of methoxy groups -OCH3 is 1. The van der Waals surface area contributed by atoms with E-state index in [-0.39, 0.29) is 24.8 Å². The number of esters is 1. The van der Waals surface area contributed by atoms with Crippen molar-refractivity contribution in [1.82, 2.24) is 9.97 Å². The lowest BCUT2D eigenvalue weighted by Gasteiger charge is -2.14. The molecule has 1 amide bonds. The highest BCUT2D eigenvalue weighted by Gasteiger charge is 2.37. The van der Waals surface area contributed by atoms with Gasteiger partial charge >= 0.3 is 5.97 Å². The van der Waals surface area contributed by atoms with Gasteiger partial charge in [0, 0.05) is 24.7 Å². The highest BCUT2D eigenvalue weighted by atomic mass is 16.5. The molecular formula is C16H15N3O3. The SMILES string of the molecule is COC(=O)C1CC(=O)N(c2nccc(-c3ccccc3)n2)C1. The number of nitrogens with zero attached hydrogens (tertiary/aromatic N) is 3. The largest absolute Gasteiger partial charge is 0.469 e. The van der Waals surface area contributed by atoms with Gasteiger partial charge in [-0.3, -0.25) is 14.5 Å². The van der Waals surface area contributed by atoms with Gasteiger partial charge in [0.05, 0.1) is 18.7 Å². The first-order chi connectivity index (χ1) is 10.7. The van der Waals surface area contributed by atoms with Crippen LogP contribution in [0.4, 0.5) is 5.95 Å². The normalized spacial score (nSPS) is 17.6. The first kappa shape index (κ1) is 14.2. The fraction of sp³-hybridized carbons (Fsp3) is 0.250. The molecule has 0 saturated carbocycles. The second-order valence-corrected chi connectivity index (χ2v) is 5.04. The van der Waals surface area contributed by atoms with Crippen LogP contribution in [0.5, 0.6) is 0 Å². The molecular weight excluding hydrogens is 282 g/mol. The Morgan fingerprint density at radius 1 is 1.27 bits per heavy atom. The average Bonchev–Trinajstić information content (AvgIpc) is 2.97. The standard InChI is InChI=1S/C16H15N3O3/c1-22-15(21)12-9-14(20)19(10-12)16-17-8-7-13(18-16)11-5-3-2-4-6-11/h2-8,12H,9-10H2,1H3. The summed E-state index contributed by atoms with van der Waals surface area (Å²) in [6, 6.07) is 11.4. The Morgan fingerprint density at radius 2 is 2.05 bits per heavy atom. The van der Waals surface area contributed by atoms with Crippen molar-refractivity contribution in [2.45, 2.75) is 6.42 Å². The van der Waals surface area contributed by atoms with Crippen molar-refractivity contribution in [2.75, 3.05) is 18.6 Å². The highest BCUT2D eigenvalue weighted by Crippen LogP contribution is 2.25. The number of carbonyl (C=O) groups is 2. The number of benzene rings is 1. The first-order valence-electron chi connectivity index (χ1n) is 6.95. The van der Waals surface area contributed by atoms with Crippen molar-refractivity contribution in [1.29, 1.82) is 0 Å². The van der Waals surface area contributed by atoms with Crippen molar-refractivity contribution >= 4 is 17.8 Å². The van der Waals surface area contributed by atoms with E-state index in [1.807, 2.05) is 30.3 Å². The molecule has 2 aromatic rings. The molecule has 1 aromatic heterocycles. The summed E-state index contributed by atoms with van der Waals surface area (Å²) >= 11 is 0. The molecule has 112 valence electrons. The summed E-state index contributed by atoms with van der Waals surface area (Å²) in [6.07, 6.45) is 1.75. The van der Waals surface area contributed by atoms with E-state index in [1.165, 1.54) is 12.0 Å². The number of rotatable bonds is 3. The van der Waals surface area contributed by atoms with Crippen LogP contribution in [0.1, 0.15) is 6.42 Å². The molecule has 22 heavy (non-hydrogen) atoms. The van der Waals surface area contributed by atoms with Gasteiger partial charge in [0.2, 0.25) is 11.9 Å². The Balaban J connectivity index is 1.87. The highest BCUT2D eigenvalue weighted by molar-refractivity contribution is 5.98. The number of ether oxygens (including phenoxy) is 1. The maximum Gasteiger partial charge on any atom is 0.311 e. The Hall–Kier alpha value is -2.76. The molecule has 1 aliphatic heterocycles. The predicted molar refractivity (Wildman–Crippen MR) is 79.9 cm³/mol. The Labute approximate surface area is 127 Å². The first-order valence-corrected chi connectivity index (χ1v) is 6.95. The van der Waals surface area contributed by atoms with Crippen molar-refractivity contribution in [3.8, 4) is 11.3 Å². The van der Waals surface area contributed by atoms with Crippen LogP contribution in [0, 0.1) is 5.92 Å². The Bertz CT molecular complexity index is 703. The summed E-state index contributed by atoms with van der Waals surface area (Å²) in [5.41, 5.74) is 1.68. The van der Waals surface area contributed by atoms with E-state index in [0.717, 1.165) is 11.3 Å². The molecule has 1 saturated heterocycles. The summed E-state index contributed by atoms with van der Waals surface area (Å²) in [5.74, 6) is -0.685. The van der Waals surface area contributed by atoms with E-state index in [0.29, 0.717) is 5.95 Å². The van der Waals surface area contributed by atoms with Crippen molar-refractivity contribution in [3.05, 3.63) is 42.6 Å². The molecule has 1 aromatic carbocycles. The maximum atomic E-state index is 12.1. The number of anilines is 1. The number of amides is 1. The van der Waals surface area contributed by atoms with Gasteiger partial charge in [-0.2, -0.15) is 0 Å². The molecule has 6 nitrogen and oxygen atoms in total. The van der Waals surface area contributed by atoms with Crippen LogP contribution in [0.15, 0.2) is 42.6 Å². The number of hydrogen-bond acceptors (Lipinski definition) is 5. The van der Waals surface area contributed by atoms with Crippen molar-refractivity contribution in [3.63, 3.8) is 0 Å². The molecule has 1 fully saturated rings. The summed E-state index contributed by atoms with van der Waals surface area (Å²) in [4.78, 5) is 33.7. The van der Waals surface area contributed by atoms with E-state index >= 15 is 0 Å². The van der Waals surface area contributed by atoms with Crippen LogP contribution in [0.3, 0.4) is 0 Å². The topological polar surface area (TPSA) is 72.4 Å². The van der Waals surface area contributed by atoms with E-state index in [2.05, 4.69) is 9.97 Å². The molecule has 1 atom stereocenters. The summed E-state index contributed by atoms with van der Waals surface area (Å²) in [7, 11) is 1.32. The number of hydrogen-bond donors (Lipinski definition) is 0. The second-order valence-electron chi connectivity index (χ2n) is 5.04. The predicted octanol–water partition coefficient (Wildman–Crippen LogP) is 1.67. The fourth-order valence-electron chi connectivity index (χ4n) is 2.47. The zero-order chi connectivity index (χ0) is 15.5. The third-order valence-electron chi connectivity index (χ3n) is 3.61. The molecule has 0 spiro atoms. The molecule has 2 heterocycles. The van der Waals surface area contributed by atoms with Gasteiger partial charge in [-0.25, -0.2) is 9.97 Å². The fourth-order valence-corrected chi connectivity index (χ4v) is 2.47. The lowest BCUT2D eigenvalue weighted by atomic mass is 10.1. The van der Waals surface area contributed by atoms with Crippen molar-refractivity contribution < 1.29 is 14.3 Å². The quantitative estimate of drug-likeness (QED) is 0.806. The maximum absolute atomic E-state index is 12.1. The van der Waals surface area contributed by atoms with Gasteiger partial charge in [0.25, 0.3) is 0 Å². The molecule has 1 unspecified atom stereocenters. The third kappa shape index (κ3) is 2.67. The number of carbonyl (C=O) groups excluding carboxylic acids is 2. The van der Waals surface area contributed by atoms with E-state index in [9.17, 15) is 9.59 Å². The van der Waals surface area contributed by atoms with Crippen LogP contribution in [0.2, 0.25) is 0 Å². The molecule has 1 aliphatic rings. The molecule has 0 aliphatic carbocycles. The molecule has 0 bridgehead atoms. The molecule has 0 radical (unpaired) electrons. The minimum atomic E-state index is -0.457. The van der Waals surface area contributed by atoms with Crippen LogP contribution in [-0.4, -0.2) is 35.5 Å². The summed E-state index contributed by atoms with van der Waals surface area (Å²) < 4.78 is 4.70. The van der Waals surface area contributed by atoms with Crippen LogP contribution in [0.25, 0.3) is 11.3 Å². The lowest BCUT2D eigenvalue weighted by molar-refractivity contribution is -0.145. The van der Waals surface area contributed by atoms with Crippen molar-refractivity contribution in [2.24, 2.45) is 5.92 Å². The van der Waals surface area contributed by atoms with Gasteiger partial charge in [0.15, 0.2) is 0 Å². The zero-order valence-electron chi connectivity index (χ0n) is 12.1. The molecule has 6 heteroatoms. The molecule has 0 N–H and O–H groups in total. The van der Waals surface area contributed by atoms with E-state index in [4.69, 9.17) is 4.74 Å². The average molecular weight is 297 g/mol. The van der Waals surface area contributed by atoms with Gasteiger partial charge in [-0.15, -0.1) is 0 Å². The minimum absolute atomic E-state index is 0.131. The van der Waals surface area contributed by atoms with E-state index in [1.54, 1.807) is 12.3 Å². The number of aromatic nitrogens is 2. The smallest absolute Gasteiger partial charge is 0.311 e. The lowest BCUT2D eigenvalue weighted by Crippen LogP contribution is -2.28. The van der Waals surface area contributed by atoms with Crippen LogP contribution in [-0.2, 0) is 14.3 Å². The van der Waals surface area contributed by atoms with Gasteiger partial charge in [-0.1, -0.05) is 30.3 Å². The monoisotopic (exact) mass is 297 g/mol. The van der Waals surface area contributed by atoms with Crippen LogP contribution >= 0.6 is 0 Å². The Morgan fingerprint density at radius 3 is 2.77 bits per heavy atom. The van der Waals surface area contributed by atoms with Crippen LogP contribution < -0.4 is 4.90 Å². The van der Waals surface area contributed by atoms with Gasteiger partial charge < -0.3 is 4.74 Å². The minimum Gasteiger partial charge on any atom is -0.469 e. The van der Waals surface area contributed by atoms with Gasteiger partial charge in [-0.05, 0) is 6.07 Å². The van der Waals surface area contributed by atoms with Gasteiger partial charge in [0.1, 0.15) is 0 Å². The third-order valence-corrected chi connectivity index (χ3v) is 3.61. The summed E-state index contributed by atoms with van der Waals surface area (Å²) in [6.45, 7) is 0.254. The second kappa shape index (κ2) is 5.93. The molecule has 3 rings (SSSR count). The van der Waals surface area contributed by atoms with E-state index < -0.39 is 5.92 Å². The zero-order valence-corrected chi connectivity index (χ0v) is 12.1. The Kier molecular flexibility index (Phi) is 3.82. The summed E-state index contributed by atoms with van der Waals surface area (Å²) in [5, 5.41) is 0.